The highest BCUT2D eigenvalue weighted by molar-refractivity contribution is 8.13. The first-order chi connectivity index (χ1) is 15.4. The van der Waals surface area contributed by atoms with E-state index in [-0.39, 0.29) is 42.7 Å². The molecule has 2 heterocycles. The summed E-state index contributed by atoms with van der Waals surface area (Å²) in [6.07, 6.45) is 1.18. The van der Waals surface area contributed by atoms with Gasteiger partial charge in [0.15, 0.2) is 16.3 Å². The quantitative estimate of drug-likeness (QED) is 0.291. The topological polar surface area (TPSA) is 151 Å². The number of imidazole rings is 1. The molecule has 13 heteroatoms. The summed E-state index contributed by atoms with van der Waals surface area (Å²) in [6.45, 7) is 2.07. The average molecular weight is 481 g/mol. The van der Waals surface area contributed by atoms with Crippen molar-refractivity contribution in [1.29, 1.82) is 0 Å². The second-order valence-corrected chi connectivity index (χ2v) is 9.91. The lowest BCUT2D eigenvalue weighted by atomic mass is 10.2. The molecule has 0 fully saturated rings. The molecular weight excluding hydrogens is 457 g/mol. The normalized spacial score (nSPS) is 13.3. The summed E-state index contributed by atoms with van der Waals surface area (Å²) in [5.41, 5.74) is 6.50. The first-order valence-corrected chi connectivity index (χ1v) is 12.4. The van der Waals surface area contributed by atoms with Crippen molar-refractivity contribution >= 4 is 41.6 Å². The Kier molecular flexibility index (Phi) is 8.60. The molecule has 0 spiro atoms. The first-order valence-electron chi connectivity index (χ1n) is 9.70. The van der Waals surface area contributed by atoms with Gasteiger partial charge in [-0.1, -0.05) is 42.1 Å². The molecule has 1 atom stereocenters. The highest BCUT2D eigenvalue weighted by Crippen LogP contribution is 2.49. The van der Waals surface area contributed by atoms with Crippen LogP contribution in [0.4, 0.5) is 5.95 Å². The van der Waals surface area contributed by atoms with E-state index in [0.29, 0.717) is 17.9 Å². The molecule has 0 saturated carbocycles. The van der Waals surface area contributed by atoms with Crippen molar-refractivity contribution in [2.24, 2.45) is 0 Å². The van der Waals surface area contributed by atoms with Crippen molar-refractivity contribution in [3.63, 3.8) is 0 Å². The second kappa shape index (κ2) is 11.4. The zero-order valence-electron chi connectivity index (χ0n) is 17.4. The lowest BCUT2D eigenvalue weighted by Gasteiger charge is -2.19. The zero-order chi connectivity index (χ0) is 23.0. The summed E-state index contributed by atoms with van der Waals surface area (Å²) in [6, 6.07) is 9.28. The monoisotopic (exact) mass is 481 g/mol. The number of ether oxygens (including phenoxy) is 1. The van der Waals surface area contributed by atoms with Gasteiger partial charge in [-0.3, -0.25) is 19.1 Å². The Bertz CT molecular complexity index is 1150. The fraction of sp³-hybridized carbons (Fsp3) is 0.368. The number of hydrogen-bond acceptors (Lipinski definition) is 10. The maximum atomic E-state index is 13.1. The number of carbonyl (C=O) groups excluding carboxylic acids is 1. The van der Waals surface area contributed by atoms with E-state index < -0.39 is 13.2 Å². The molecule has 3 aromatic rings. The molecule has 1 unspecified atom stereocenters. The maximum absolute atomic E-state index is 13.1. The van der Waals surface area contributed by atoms with Crippen molar-refractivity contribution in [3.05, 3.63) is 52.6 Å². The van der Waals surface area contributed by atoms with Gasteiger partial charge in [0.1, 0.15) is 6.35 Å². The molecule has 0 aliphatic rings. The van der Waals surface area contributed by atoms with E-state index in [1.165, 1.54) is 13.3 Å². The molecule has 0 amide bonds. The Morgan fingerprint density at radius 3 is 2.78 bits per heavy atom. The third-order valence-corrected chi connectivity index (χ3v) is 6.54. The number of thioether (sulfide) groups is 1. The lowest BCUT2D eigenvalue weighted by Crippen LogP contribution is -2.13. The Morgan fingerprint density at radius 1 is 1.25 bits per heavy atom. The standard InChI is InChI=1S/C19H24N5O6PS/c1-14(25)32-10-9-29-31(27,30-11-15-5-3-2-4-6-15)13-28-8-7-24-12-21-16-17(24)22-19(20)23-18(16)26/h2-6,12H,7-11,13H2,1H3,(H3,20,22,23,26). The number of aromatic amines is 1. The molecule has 32 heavy (non-hydrogen) atoms. The van der Waals surface area contributed by atoms with Crippen LogP contribution in [0.3, 0.4) is 0 Å². The lowest BCUT2D eigenvalue weighted by molar-refractivity contribution is -0.109. The number of nitrogen functional groups attached to an aromatic ring is 1. The summed E-state index contributed by atoms with van der Waals surface area (Å²) in [7, 11) is -3.58. The summed E-state index contributed by atoms with van der Waals surface area (Å²) in [4.78, 5) is 33.4. The van der Waals surface area contributed by atoms with Crippen LogP contribution in [0.25, 0.3) is 11.2 Å². The number of nitrogens with zero attached hydrogens (tertiary/aromatic N) is 3. The minimum atomic E-state index is -3.58. The molecule has 0 saturated heterocycles. The van der Waals surface area contributed by atoms with Crippen LogP contribution in [0.5, 0.6) is 0 Å². The van der Waals surface area contributed by atoms with Crippen LogP contribution in [0, 0.1) is 0 Å². The molecule has 172 valence electrons. The van der Waals surface area contributed by atoms with E-state index in [0.717, 1.165) is 17.3 Å². The molecule has 0 bridgehead atoms. The molecule has 2 aromatic heterocycles. The van der Waals surface area contributed by atoms with Gasteiger partial charge in [0, 0.05) is 19.2 Å². The van der Waals surface area contributed by atoms with Gasteiger partial charge in [-0.25, -0.2) is 4.98 Å². The predicted octanol–water partition coefficient (Wildman–Crippen LogP) is 2.38. The van der Waals surface area contributed by atoms with Crippen LogP contribution in [0.15, 0.2) is 41.5 Å². The van der Waals surface area contributed by atoms with Crippen LogP contribution in [0.1, 0.15) is 12.5 Å². The van der Waals surface area contributed by atoms with Gasteiger partial charge in [-0.2, -0.15) is 4.98 Å². The number of nitrogens with one attached hydrogen (secondary N) is 1. The van der Waals surface area contributed by atoms with E-state index >= 15 is 0 Å². The minimum absolute atomic E-state index is 0.0131. The fourth-order valence-electron chi connectivity index (χ4n) is 2.69. The van der Waals surface area contributed by atoms with E-state index in [4.69, 9.17) is 19.5 Å². The summed E-state index contributed by atoms with van der Waals surface area (Å²) in [5.74, 6) is 0.345. The van der Waals surface area contributed by atoms with Gasteiger partial charge < -0.3 is 24.1 Å². The van der Waals surface area contributed by atoms with Gasteiger partial charge >= 0.3 is 7.60 Å². The molecule has 3 rings (SSSR count). The second-order valence-electron chi connectivity index (χ2n) is 6.64. The van der Waals surface area contributed by atoms with Crippen molar-refractivity contribution in [1.82, 2.24) is 19.5 Å². The Labute approximate surface area is 188 Å². The van der Waals surface area contributed by atoms with E-state index in [2.05, 4.69) is 15.0 Å². The summed E-state index contributed by atoms with van der Waals surface area (Å²) in [5, 5.41) is -0.0504. The van der Waals surface area contributed by atoms with Crippen LogP contribution >= 0.6 is 19.4 Å². The number of anilines is 1. The van der Waals surface area contributed by atoms with Crippen LogP contribution in [-0.2, 0) is 36.3 Å². The van der Waals surface area contributed by atoms with Gasteiger partial charge in [0.05, 0.1) is 26.1 Å². The number of benzene rings is 1. The van der Waals surface area contributed by atoms with Gasteiger partial charge in [0.25, 0.3) is 5.56 Å². The van der Waals surface area contributed by atoms with Crippen molar-refractivity contribution in [3.8, 4) is 0 Å². The van der Waals surface area contributed by atoms with Crippen LogP contribution in [-0.4, -0.2) is 49.9 Å². The predicted molar refractivity (Wildman–Crippen MR) is 121 cm³/mol. The molecule has 0 radical (unpaired) electrons. The minimum Gasteiger partial charge on any atom is -0.369 e. The average Bonchev–Trinajstić information content (AvgIpc) is 3.17. The van der Waals surface area contributed by atoms with Crippen LogP contribution < -0.4 is 11.3 Å². The fourth-order valence-corrected chi connectivity index (χ4v) is 4.56. The van der Waals surface area contributed by atoms with Gasteiger partial charge in [-0.05, 0) is 5.56 Å². The molecule has 0 aliphatic carbocycles. The van der Waals surface area contributed by atoms with Gasteiger partial charge in [0.2, 0.25) is 5.95 Å². The number of hydrogen-bond donors (Lipinski definition) is 2. The number of fused-ring (bicyclic) bond motifs is 1. The zero-order valence-corrected chi connectivity index (χ0v) is 19.1. The van der Waals surface area contributed by atoms with Crippen LogP contribution in [0.2, 0.25) is 0 Å². The van der Waals surface area contributed by atoms with Crippen molar-refractivity contribution in [2.75, 3.05) is 31.0 Å². The third-order valence-electron chi connectivity index (χ3n) is 4.17. The smallest absolute Gasteiger partial charge is 0.356 e. The largest absolute Gasteiger partial charge is 0.369 e. The van der Waals surface area contributed by atoms with E-state index in [1.54, 1.807) is 4.57 Å². The Balaban J connectivity index is 1.57. The number of nitrogens with two attached hydrogens (primary N) is 1. The number of aromatic nitrogens is 4. The Hall–Kier alpha value is -2.50. The summed E-state index contributed by atoms with van der Waals surface area (Å²) < 4.78 is 31.4. The van der Waals surface area contributed by atoms with Crippen molar-refractivity contribution < 1.29 is 23.1 Å². The molecule has 11 nitrogen and oxygen atoms in total. The number of rotatable bonds is 12. The molecule has 3 N–H and O–H groups in total. The molecule has 1 aromatic carbocycles. The number of carbonyl (C=O) groups is 1. The number of H-pyrrole nitrogens is 1. The van der Waals surface area contributed by atoms with E-state index in [1.807, 2.05) is 30.3 Å². The summed E-state index contributed by atoms with van der Waals surface area (Å²) >= 11 is 1.08. The molecule has 0 aliphatic heterocycles. The third kappa shape index (κ3) is 7.01. The first kappa shape index (κ1) is 24.1. The maximum Gasteiger partial charge on any atom is 0.356 e. The molecular formula is C19H24N5O6PS. The highest BCUT2D eigenvalue weighted by atomic mass is 32.2. The van der Waals surface area contributed by atoms with E-state index in [9.17, 15) is 14.2 Å². The SMILES string of the molecule is CC(=O)SCCOP(=O)(COCCn1cnc2c(=O)[nH]c(N)nc21)OCc1ccccc1. The van der Waals surface area contributed by atoms with Gasteiger partial charge in [-0.15, -0.1) is 0 Å². The van der Waals surface area contributed by atoms with Crippen molar-refractivity contribution in [2.45, 2.75) is 20.1 Å². The highest BCUT2D eigenvalue weighted by Gasteiger charge is 2.25. The Morgan fingerprint density at radius 2 is 2.03 bits per heavy atom.